The van der Waals surface area contributed by atoms with Gasteiger partial charge in [-0.1, -0.05) is 0 Å². The highest BCUT2D eigenvalue weighted by atomic mass is 32.2. The first kappa shape index (κ1) is 15.9. The van der Waals surface area contributed by atoms with E-state index in [0.717, 1.165) is 5.56 Å². The zero-order valence-electron chi connectivity index (χ0n) is 12.4. The molecule has 0 saturated carbocycles. The lowest BCUT2D eigenvalue weighted by Crippen LogP contribution is -2.43. The first-order valence-electron chi connectivity index (χ1n) is 7.52. The van der Waals surface area contributed by atoms with E-state index in [-0.39, 0.29) is 36.7 Å². The van der Waals surface area contributed by atoms with Crippen LogP contribution in [0.2, 0.25) is 0 Å². The standard InChI is InChI=1S/C15H18N2O5S/c18-14-4-1-11-9-12(2-3-13(11)16-14)23(21,22)17-7-5-10(6-8-17)15(19)20/h2-3,9-10H,1,4-8H2,(H,16,18)(H,19,20)/p-1. The van der Waals surface area contributed by atoms with E-state index in [1.54, 1.807) is 12.1 Å². The zero-order valence-corrected chi connectivity index (χ0v) is 13.3. The molecular weight excluding hydrogens is 320 g/mol. The number of hydrogen-bond acceptors (Lipinski definition) is 5. The molecule has 0 unspecified atom stereocenters. The summed E-state index contributed by atoms with van der Waals surface area (Å²) in [5.41, 5.74) is 1.45. The van der Waals surface area contributed by atoms with Crippen LogP contribution in [0, 0.1) is 5.92 Å². The lowest BCUT2D eigenvalue weighted by molar-refractivity contribution is -0.312. The minimum Gasteiger partial charge on any atom is -0.550 e. The Kier molecular flexibility index (Phi) is 4.11. The number of carbonyl (C=O) groups excluding carboxylic acids is 2. The van der Waals surface area contributed by atoms with Gasteiger partial charge in [-0.05, 0) is 43.0 Å². The fourth-order valence-corrected chi connectivity index (χ4v) is 4.52. The maximum Gasteiger partial charge on any atom is 0.243 e. The van der Waals surface area contributed by atoms with E-state index in [2.05, 4.69) is 5.32 Å². The molecule has 0 radical (unpaired) electrons. The fraction of sp³-hybridized carbons (Fsp3) is 0.467. The Morgan fingerprint density at radius 1 is 1.22 bits per heavy atom. The number of carboxylic acids is 1. The van der Waals surface area contributed by atoms with Gasteiger partial charge in [0.15, 0.2) is 0 Å². The largest absolute Gasteiger partial charge is 0.550 e. The molecule has 1 aromatic rings. The first-order valence-corrected chi connectivity index (χ1v) is 8.96. The molecule has 8 heteroatoms. The van der Waals surface area contributed by atoms with Gasteiger partial charge in [-0.2, -0.15) is 4.31 Å². The molecule has 1 N–H and O–H groups in total. The predicted molar refractivity (Wildman–Crippen MR) is 79.9 cm³/mol. The van der Waals surface area contributed by atoms with Gasteiger partial charge in [0.05, 0.1) is 4.90 Å². The Morgan fingerprint density at radius 3 is 2.57 bits per heavy atom. The van der Waals surface area contributed by atoms with Crippen molar-refractivity contribution in [2.24, 2.45) is 5.92 Å². The summed E-state index contributed by atoms with van der Waals surface area (Å²) in [6, 6.07) is 4.67. The van der Waals surface area contributed by atoms with Crippen LogP contribution in [0.1, 0.15) is 24.8 Å². The summed E-state index contributed by atoms with van der Waals surface area (Å²) in [7, 11) is -3.65. The monoisotopic (exact) mass is 337 g/mol. The average molecular weight is 337 g/mol. The molecular formula is C15H17N2O5S-. The van der Waals surface area contributed by atoms with Crippen molar-refractivity contribution >= 4 is 27.6 Å². The molecule has 0 bridgehead atoms. The summed E-state index contributed by atoms with van der Waals surface area (Å²) in [6.45, 7) is 0.351. The molecule has 1 saturated heterocycles. The molecule has 0 aliphatic carbocycles. The Labute approximate surface area is 134 Å². The van der Waals surface area contributed by atoms with Gasteiger partial charge >= 0.3 is 0 Å². The van der Waals surface area contributed by atoms with Crippen molar-refractivity contribution in [3.05, 3.63) is 23.8 Å². The van der Waals surface area contributed by atoms with E-state index in [4.69, 9.17) is 0 Å². The molecule has 124 valence electrons. The highest BCUT2D eigenvalue weighted by molar-refractivity contribution is 7.89. The van der Waals surface area contributed by atoms with Gasteiger partial charge in [-0.25, -0.2) is 8.42 Å². The number of piperidine rings is 1. The third kappa shape index (κ3) is 3.09. The van der Waals surface area contributed by atoms with E-state index in [1.165, 1.54) is 10.4 Å². The number of sulfonamides is 1. The van der Waals surface area contributed by atoms with E-state index in [9.17, 15) is 23.1 Å². The van der Waals surface area contributed by atoms with Crippen LogP contribution in [-0.2, 0) is 26.0 Å². The quantitative estimate of drug-likeness (QED) is 0.816. The van der Waals surface area contributed by atoms with Crippen molar-refractivity contribution in [3.63, 3.8) is 0 Å². The highest BCUT2D eigenvalue weighted by Gasteiger charge is 2.30. The molecule has 0 aromatic heterocycles. The van der Waals surface area contributed by atoms with Crippen LogP contribution in [0.5, 0.6) is 0 Å². The van der Waals surface area contributed by atoms with Crippen molar-refractivity contribution in [1.29, 1.82) is 0 Å². The molecule has 0 spiro atoms. The molecule has 3 rings (SSSR count). The van der Waals surface area contributed by atoms with Crippen LogP contribution in [0.3, 0.4) is 0 Å². The van der Waals surface area contributed by atoms with Crippen LogP contribution in [-0.4, -0.2) is 37.7 Å². The van der Waals surface area contributed by atoms with Crippen LogP contribution in [0.15, 0.2) is 23.1 Å². The van der Waals surface area contributed by atoms with Gasteiger partial charge in [0.25, 0.3) is 0 Å². The van der Waals surface area contributed by atoms with Gasteiger partial charge in [0, 0.05) is 37.1 Å². The third-order valence-electron chi connectivity index (χ3n) is 4.40. The van der Waals surface area contributed by atoms with Gasteiger partial charge in [-0.15, -0.1) is 0 Å². The summed E-state index contributed by atoms with van der Waals surface area (Å²) >= 11 is 0. The molecule has 1 fully saturated rings. The number of carboxylic acid groups (broad SMARTS) is 1. The number of amides is 1. The van der Waals surface area contributed by atoms with Crippen molar-refractivity contribution < 1.29 is 23.1 Å². The van der Waals surface area contributed by atoms with Gasteiger partial charge in [0.2, 0.25) is 15.9 Å². The summed E-state index contributed by atoms with van der Waals surface area (Å²) < 4.78 is 26.7. The number of fused-ring (bicyclic) bond motifs is 1. The molecule has 7 nitrogen and oxygen atoms in total. The normalized spacial score (nSPS) is 19.9. The Bertz CT molecular complexity index is 751. The van der Waals surface area contributed by atoms with Crippen molar-refractivity contribution in [3.8, 4) is 0 Å². The minimum atomic E-state index is -3.65. The second-order valence-corrected chi connectivity index (χ2v) is 7.80. The molecule has 0 atom stereocenters. The first-order chi connectivity index (χ1) is 10.9. The van der Waals surface area contributed by atoms with Gasteiger partial charge in [0.1, 0.15) is 0 Å². The Hall–Kier alpha value is -1.93. The second-order valence-electron chi connectivity index (χ2n) is 5.86. The number of benzene rings is 1. The van der Waals surface area contributed by atoms with E-state index in [0.29, 0.717) is 18.5 Å². The Morgan fingerprint density at radius 2 is 1.91 bits per heavy atom. The second kappa shape index (κ2) is 5.93. The molecule has 2 aliphatic rings. The van der Waals surface area contributed by atoms with Crippen molar-refractivity contribution in [1.82, 2.24) is 4.31 Å². The van der Waals surface area contributed by atoms with E-state index >= 15 is 0 Å². The SMILES string of the molecule is O=C1CCc2cc(S(=O)(=O)N3CCC(C(=O)[O-])CC3)ccc2N1. The number of carbonyl (C=O) groups is 2. The summed E-state index contributed by atoms with van der Waals surface area (Å²) in [6.07, 6.45) is 1.38. The number of aryl methyl sites for hydroxylation is 1. The van der Waals surface area contributed by atoms with Crippen LogP contribution >= 0.6 is 0 Å². The molecule has 2 aliphatic heterocycles. The lowest BCUT2D eigenvalue weighted by Gasteiger charge is -2.31. The lowest BCUT2D eigenvalue weighted by atomic mass is 9.99. The third-order valence-corrected chi connectivity index (χ3v) is 6.29. The highest BCUT2D eigenvalue weighted by Crippen LogP contribution is 2.28. The van der Waals surface area contributed by atoms with Crippen molar-refractivity contribution in [2.45, 2.75) is 30.6 Å². The summed E-state index contributed by atoms with van der Waals surface area (Å²) in [5, 5.41) is 13.6. The number of rotatable bonds is 3. The van der Waals surface area contributed by atoms with E-state index in [1.807, 2.05) is 0 Å². The van der Waals surface area contributed by atoms with Gasteiger partial charge < -0.3 is 15.2 Å². The smallest absolute Gasteiger partial charge is 0.243 e. The number of anilines is 1. The van der Waals surface area contributed by atoms with Gasteiger partial charge in [-0.3, -0.25) is 4.79 Å². The number of hydrogen-bond donors (Lipinski definition) is 1. The topological polar surface area (TPSA) is 107 Å². The fourth-order valence-electron chi connectivity index (χ4n) is 3.00. The minimum absolute atomic E-state index is 0.0718. The average Bonchev–Trinajstić information content (AvgIpc) is 2.54. The number of nitrogens with zero attached hydrogens (tertiary/aromatic N) is 1. The van der Waals surface area contributed by atoms with E-state index < -0.39 is 21.9 Å². The van der Waals surface area contributed by atoms with Crippen LogP contribution in [0.4, 0.5) is 5.69 Å². The van der Waals surface area contributed by atoms with Crippen LogP contribution < -0.4 is 10.4 Å². The summed E-state index contributed by atoms with van der Waals surface area (Å²) in [5.74, 6) is -1.77. The van der Waals surface area contributed by atoms with Crippen LogP contribution in [0.25, 0.3) is 0 Å². The van der Waals surface area contributed by atoms with Crippen molar-refractivity contribution in [2.75, 3.05) is 18.4 Å². The molecule has 2 heterocycles. The number of nitrogens with one attached hydrogen (secondary N) is 1. The Balaban J connectivity index is 1.81. The maximum atomic E-state index is 12.7. The molecule has 23 heavy (non-hydrogen) atoms. The predicted octanol–water partition coefficient (Wildman–Crippen LogP) is -0.278. The maximum absolute atomic E-state index is 12.7. The zero-order chi connectivity index (χ0) is 16.6. The number of aliphatic carboxylic acids is 1. The molecule has 1 aromatic carbocycles. The summed E-state index contributed by atoms with van der Waals surface area (Å²) in [4.78, 5) is 22.4. The molecule has 1 amide bonds.